The van der Waals surface area contributed by atoms with Crippen LogP contribution in [-0.2, 0) is 0 Å². The molecule has 7 heteroatoms. The molecule has 0 bridgehead atoms. The predicted octanol–water partition coefficient (Wildman–Crippen LogP) is 2.99. The molecule has 0 saturated heterocycles. The molecule has 108 valence electrons. The van der Waals surface area contributed by atoms with Gasteiger partial charge in [-0.1, -0.05) is 11.8 Å². The van der Waals surface area contributed by atoms with Crippen LogP contribution in [0.3, 0.4) is 0 Å². The van der Waals surface area contributed by atoms with Crippen molar-refractivity contribution in [1.82, 2.24) is 19.6 Å². The number of nitrogens with one attached hydrogen (secondary N) is 1. The molecule has 0 aliphatic carbocycles. The molecule has 3 rings (SSSR count). The molecule has 2 aromatic heterocycles. The van der Waals surface area contributed by atoms with Crippen LogP contribution in [-0.4, -0.2) is 32.4 Å². The maximum atomic E-state index is 5.43. The van der Waals surface area contributed by atoms with Gasteiger partial charge in [0.1, 0.15) is 5.75 Å². The van der Waals surface area contributed by atoms with E-state index >= 15 is 0 Å². The van der Waals surface area contributed by atoms with Gasteiger partial charge in [0.15, 0.2) is 10.8 Å². The summed E-state index contributed by atoms with van der Waals surface area (Å²) in [6.07, 6.45) is 3.65. The smallest absolute Gasteiger partial charge is 0.232 e. The first-order valence-corrected chi connectivity index (χ1v) is 7.78. The van der Waals surface area contributed by atoms with Gasteiger partial charge >= 0.3 is 0 Å². The molecule has 0 amide bonds. The molecule has 0 spiro atoms. The number of thioether (sulfide) groups is 1. The second-order valence-electron chi connectivity index (χ2n) is 4.22. The third kappa shape index (κ3) is 2.92. The van der Waals surface area contributed by atoms with E-state index in [-0.39, 0.29) is 0 Å². The third-order valence-electron chi connectivity index (χ3n) is 2.84. The summed E-state index contributed by atoms with van der Waals surface area (Å²) in [6.45, 7) is 2.62. The van der Waals surface area contributed by atoms with Gasteiger partial charge in [0.05, 0.1) is 12.8 Å². The molecule has 0 unspecified atom stereocenters. The molecule has 0 atom stereocenters. The van der Waals surface area contributed by atoms with Gasteiger partial charge in [-0.05, 0) is 37.4 Å². The van der Waals surface area contributed by atoms with E-state index in [2.05, 4.69) is 20.4 Å². The SMILES string of the molecule is CCOc1ccc(Nc2nc(SC)nc3ccnn23)cc1. The van der Waals surface area contributed by atoms with Crippen LogP contribution >= 0.6 is 11.8 Å². The predicted molar refractivity (Wildman–Crippen MR) is 83.5 cm³/mol. The van der Waals surface area contributed by atoms with E-state index in [1.807, 2.05) is 43.5 Å². The Balaban J connectivity index is 1.91. The number of nitrogens with zero attached hydrogens (tertiary/aromatic N) is 4. The Morgan fingerprint density at radius 1 is 1.19 bits per heavy atom. The summed E-state index contributed by atoms with van der Waals surface area (Å²) in [4.78, 5) is 8.84. The van der Waals surface area contributed by atoms with E-state index in [4.69, 9.17) is 4.74 Å². The zero-order chi connectivity index (χ0) is 14.7. The normalized spacial score (nSPS) is 10.8. The van der Waals surface area contributed by atoms with E-state index in [0.717, 1.165) is 17.1 Å². The van der Waals surface area contributed by atoms with Crippen molar-refractivity contribution in [2.45, 2.75) is 12.1 Å². The van der Waals surface area contributed by atoms with Gasteiger partial charge in [0, 0.05) is 11.8 Å². The average Bonchev–Trinajstić information content (AvgIpc) is 2.98. The van der Waals surface area contributed by atoms with Crippen molar-refractivity contribution in [3.8, 4) is 5.75 Å². The van der Waals surface area contributed by atoms with Crippen LogP contribution in [0.4, 0.5) is 11.6 Å². The van der Waals surface area contributed by atoms with Crippen LogP contribution in [0.25, 0.3) is 5.65 Å². The highest BCUT2D eigenvalue weighted by Crippen LogP contribution is 2.21. The minimum absolute atomic E-state index is 0.638. The number of anilines is 2. The minimum atomic E-state index is 0.638. The third-order valence-corrected chi connectivity index (χ3v) is 3.39. The van der Waals surface area contributed by atoms with Gasteiger partial charge in [-0.15, -0.1) is 0 Å². The summed E-state index contributed by atoms with van der Waals surface area (Å²) >= 11 is 1.50. The minimum Gasteiger partial charge on any atom is -0.494 e. The molecule has 0 aliphatic heterocycles. The fraction of sp³-hybridized carbons (Fsp3) is 0.214. The van der Waals surface area contributed by atoms with E-state index in [0.29, 0.717) is 17.7 Å². The highest BCUT2D eigenvalue weighted by Gasteiger charge is 2.08. The Morgan fingerprint density at radius 2 is 2.00 bits per heavy atom. The Hall–Kier alpha value is -2.28. The molecule has 1 N–H and O–H groups in total. The fourth-order valence-corrected chi connectivity index (χ4v) is 2.27. The molecule has 0 fully saturated rings. The number of benzene rings is 1. The molecular formula is C14H15N5OS. The summed E-state index contributed by atoms with van der Waals surface area (Å²) < 4.78 is 7.11. The van der Waals surface area contributed by atoms with Gasteiger partial charge in [-0.3, -0.25) is 0 Å². The summed E-state index contributed by atoms with van der Waals surface area (Å²) in [5.74, 6) is 1.48. The number of fused-ring (bicyclic) bond motifs is 1. The van der Waals surface area contributed by atoms with Crippen LogP contribution in [0, 0.1) is 0 Å². The molecule has 0 radical (unpaired) electrons. The first-order valence-electron chi connectivity index (χ1n) is 6.56. The van der Waals surface area contributed by atoms with Gasteiger partial charge in [0.2, 0.25) is 5.95 Å². The second-order valence-corrected chi connectivity index (χ2v) is 4.99. The highest BCUT2D eigenvalue weighted by atomic mass is 32.2. The molecule has 21 heavy (non-hydrogen) atoms. The summed E-state index contributed by atoms with van der Waals surface area (Å²) in [6, 6.07) is 9.58. The van der Waals surface area contributed by atoms with E-state index in [1.54, 1.807) is 10.7 Å². The maximum Gasteiger partial charge on any atom is 0.232 e. The largest absolute Gasteiger partial charge is 0.494 e. The fourth-order valence-electron chi connectivity index (χ4n) is 1.91. The first kappa shape index (κ1) is 13.7. The Labute approximate surface area is 126 Å². The molecule has 3 aromatic rings. The summed E-state index contributed by atoms with van der Waals surface area (Å²) in [5, 5.41) is 8.19. The molecule has 6 nitrogen and oxygen atoms in total. The lowest BCUT2D eigenvalue weighted by atomic mass is 10.3. The lowest BCUT2D eigenvalue weighted by Gasteiger charge is -2.09. The van der Waals surface area contributed by atoms with Crippen LogP contribution in [0.15, 0.2) is 41.7 Å². The zero-order valence-electron chi connectivity index (χ0n) is 11.8. The standard InChI is InChI=1S/C14H15N5OS/c1-3-20-11-6-4-10(5-7-11)16-13-18-14(21-2)17-12-8-9-15-19(12)13/h4-9H,3H2,1-2H3,(H,16,17,18). The average molecular weight is 301 g/mol. The molecule has 1 aromatic carbocycles. The van der Waals surface area contributed by atoms with Gasteiger partial charge in [-0.2, -0.15) is 14.6 Å². The van der Waals surface area contributed by atoms with Gasteiger partial charge in [0.25, 0.3) is 0 Å². The quantitative estimate of drug-likeness (QED) is 0.731. The number of ether oxygens (including phenoxy) is 1. The summed E-state index contributed by atoms with van der Waals surface area (Å²) in [5.41, 5.74) is 1.68. The molecular weight excluding hydrogens is 286 g/mol. The van der Waals surface area contributed by atoms with Crippen molar-refractivity contribution in [3.63, 3.8) is 0 Å². The monoisotopic (exact) mass is 301 g/mol. The molecule has 0 saturated carbocycles. The van der Waals surface area contributed by atoms with Crippen molar-refractivity contribution in [2.24, 2.45) is 0 Å². The van der Waals surface area contributed by atoms with E-state index < -0.39 is 0 Å². The second kappa shape index (κ2) is 6.01. The topological polar surface area (TPSA) is 64.3 Å². The number of aromatic nitrogens is 4. The van der Waals surface area contributed by atoms with Crippen molar-refractivity contribution >= 4 is 29.0 Å². The maximum absolute atomic E-state index is 5.43. The Kier molecular flexibility index (Phi) is 3.92. The van der Waals surface area contributed by atoms with E-state index in [9.17, 15) is 0 Å². The number of hydrogen-bond acceptors (Lipinski definition) is 6. The van der Waals surface area contributed by atoms with Crippen molar-refractivity contribution in [1.29, 1.82) is 0 Å². The molecule has 2 heterocycles. The first-order chi connectivity index (χ1) is 10.3. The van der Waals surface area contributed by atoms with Crippen LogP contribution < -0.4 is 10.1 Å². The van der Waals surface area contributed by atoms with Crippen molar-refractivity contribution in [2.75, 3.05) is 18.2 Å². The zero-order valence-corrected chi connectivity index (χ0v) is 12.6. The van der Waals surface area contributed by atoms with Crippen molar-refractivity contribution < 1.29 is 4.74 Å². The summed E-state index contributed by atoms with van der Waals surface area (Å²) in [7, 11) is 0. The van der Waals surface area contributed by atoms with Crippen LogP contribution in [0.5, 0.6) is 5.75 Å². The molecule has 0 aliphatic rings. The highest BCUT2D eigenvalue weighted by molar-refractivity contribution is 7.98. The Bertz CT molecular complexity index is 741. The lowest BCUT2D eigenvalue weighted by molar-refractivity contribution is 0.340. The van der Waals surface area contributed by atoms with Gasteiger partial charge in [-0.25, -0.2) is 4.98 Å². The van der Waals surface area contributed by atoms with Crippen molar-refractivity contribution in [3.05, 3.63) is 36.5 Å². The Morgan fingerprint density at radius 3 is 2.71 bits per heavy atom. The lowest BCUT2D eigenvalue weighted by Crippen LogP contribution is -2.05. The van der Waals surface area contributed by atoms with Crippen LogP contribution in [0.2, 0.25) is 0 Å². The van der Waals surface area contributed by atoms with E-state index in [1.165, 1.54) is 11.8 Å². The number of hydrogen-bond donors (Lipinski definition) is 1. The van der Waals surface area contributed by atoms with Crippen LogP contribution in [0.1, 0.15) is 6.92 Å². The number of rotatable bonds is 5. The van der Waals surface area contributed by atoms with Gasteiger partial charge < -0.3 is 10.1 Å².